The number of anilines is 1. The summed E-state index contributed by atoms with van der Waals surface area (Å²) in [6.07, 6.45) is 0. The molecule has 2 N–H and O–H groups in total. The summed E-state index contributed by atoms with van der Waals surface area (Å²) in [5, 5.41) is 2.30. The van der Waals surface area contributed by atoms with Gasteiger partial charge in [0.15, 0.2) is 11.6 Å². The first-order valence-corrected chi connectivity index (χ1v) is 8.91. The predicted molar refractivity (Wildman–Crippen MR) is 90.8 cm³/mol. The van der Waals surface area contributed by atoms with Crippen LogP contribution in [0.3, 0.4) is 0 Å². The lowest BCUT2D eigenvalue weighted by atomic mass is 10.1. The second kappa shape index (κ2) is 7.28. The number of benzene rings is 2. The Morgan fingerprint density at radius 1 is 1.00 bits per heavy atom. The van der Waals surface area contributed by atoms with Crippen molar-refractivity contribution in [2.24, 2.45) is 0 Å². The molecule has 0 fully saturated rings. The molecule has 134 valence electrons. The molecule has 0 radical (unpaired) electrons. The van der Waals surface area contributed by atoms with Gasteiger partial charge in [0.2, 0.25) is 15.9 Å². The third kappa shape index (κ3) is 4.61. The van der Waals surface area contributed by atoms with E-state index in [0.717, 1.165) is 17.7 Å². The van der Waals surface area contributed by atoms with E-state index < -0.39 is 34.1 Å². The minimum Gasteiger partial charge on any atom is -0.325 e. The molecule has 0 bridgehead atoms. The van der Waals surface area contributed by atoms with E-state index in [1.807, 2.05) is 6.92 Å². The first kappa shape index (κ1) is 19.0. The van der Waals surface area contributed by atoms with Gasteiger partial charge in [0.1, 0.15) is 0 Å². The van der Waals surface area contributed by atoms with Crippen LogP contribution in [0.5, 0.6) is 0 Å². The van der Waals surface area contributed by atoms with Gasteiger partial charge in [-0.15, -0.1) is 0 Å². The monoisotopic (exact) mass is 368 g/mol. The van der Waals surface area contributed by atoms with Crippen LogP contribution in [0.4, 0.5) is 14.5 Å². The number of sulfonamides is 1. The summed E-state index contributed by atoms with van der Waals surface area (Å²) in [4.78, 5) is 12.0. The number of nitrogens with one attached hydrogen (secondary N) is 2. The number of aryl methyl sites for hydroxylation is 3. The molecule has 2 aromatic carbocycles. The normalized spacial score (nSPS) is 11.4. The Hall–Kier alpha value is -2.32. The smallest absolute Gasteiger partial charge is 0.241 e. The quantitative estimate of drug-likeness (QED) is 0.852. The van der Waals surface area contributed by atoms with Crippen molar-refractivity contribution in [3.8, 4) is 0 Å². The van der Waals surface area contributed by atoms with Crippen LogP contribution in [-0.4, -0.2) is 20.9 Å². The molecule has 0 atom stereocenters. The molecule has 0 heterocycles. The van der Waals surface area contributed by atoms with Crippen molar-refractivity contribution >= 4 is 21.6 Å². The summed E-state index contributed by atoms with van der Waals surface area (Å²) in [7, 11) is -3.89. The van der Waals surface area contributed by atoms with Gasteiger partial charge < -0.3 is 5.32 Å². The number of carbonyl (C=O) groups excluding carboxylic acids is 1. The number of amides is 1. The molecule has 0 aliphatic rings. The van der Waals surface area contributed by atoms with Crippen LogP contribution in [0.1, 0.15) is 16.7 Å². The zero-order chi connectivity index (χ0) is 18.8. The second-order valence-electron chi connectivity index (χ2n) is 5.73. The molecule has 0 saturated heterocycles. The van der Waals surface area contributed by atoms with Crippen molar-refractivity contribution in [2.45, 2.75) is 25.7 Å². The Morgan fingerprint density at radius 3 is 2.16 bits per heavy atom. The molecule has 25 heavy (non-hydrogen) atoms. The van der Waals surface area contributed by atoms with Crippen LogP contribution in [0.25, 0.3) is 0 Å². The lowest BCUT2D eigenvalue weighted by Gasteiger charge is -2.13. The summed E-state index contributed by atoms with van der Waals surface area (Å²) in [5.74, 6) is -2.84. The Balaban J connectivity index is 2.09. The number of hydrogen-bond donors (Lipinski definition) is 2. The number of hydrogen-bond acceptors (Lipinski definition) is 3. The Kier molecular flexibility index (Phi) is 5.54. The van der Waals surface area contributed by atoms with Crippen molar-refractivity contribution in [3.63, 3.8) is 0 Å². The van der Waals surface area contributed by atoms with Gasteiger partial charge in [0.05, 0.1) is 11.4 Å². The third-order valence-corrected chi connectivity index (χ3v) is 5.21. The first-order chi connectivity index (χ1) is 11.6. The van der Waals surface area contributed by atoms with Gasteiger partial charge >= 0.3 is 0 Å². The molecule has 0 aliphatic carbocycles. The summed E-state index contributed by atoms with van der Waals surface area (Å²) >= 11 is 0. The summed E-state index contributed by atoms with van der Waals surface area (Å²) in [5.41, 5.74) is 2.12. The van der Waals surface area contributed by atoms with Gasteiger partial charge in [0, 0.05) is 11.8 Å². The molecule has 2 aromatic rings. The van der Waals surface area contributed by atoms with E-state index >= 15 is 0 Å². The highest BCUT2D eigenvalue weighted by molar-refractivity contribution is 7.89. The van der Waals surface area contributed by atoms with Crippen molar-refractivity contribution in [2.75, 3.05) is 11.9 Å². The SMILES string of the molecule is Cc1cc(C)c(S(=O)(=O)NCC(=O)Nc2ccc(F)c(F)c2)c(C)c1. The molecular weight excluding hydrogens is 350 g/mol. The van der Waals surface area contributed by atoms with E-state index in [4.69, 9.17) is 0 Å². The molecule has 1 amide bonds. The van der Waals surface area contributed by atoms with Crippen LogP contribution in [-0.2, 0) is 14.8 Å². The highest BCUT2D eigenvalue weighted by atomic mass is 32.2. The Morgan fingerprint density at radius 2 is 1.60 bits per heavy atom. The Bertz CT molecular complexity index is 904. The first-order valence-electron chi connectivity index (χ1n) is 7.42. The van der Waals surface area contributed by atoms with Gasteiger partial charge in [-0.2, -0.15) is 0 Å². The zero-order valence-electron chi connectivity index (χ0n) is 14.0. The van der Waals surface area contributed by atoms with Crippen molar-refractivity contribution < 1.29 is 22.0 Å². The van der Waals surface area contributed by atoms with Crippen LogP contribution >= 0.6 is 0 Å². The zero-order valence-corrected chi connectivity index (χ0v) is 14.8. The molecule has 0 aromatic heterocycles. The summed E-state index contributed by atoms with van der Waals surface area (Å²) < 4.78 is 53.1. The fraction of sp³-hybridized carbons (Fsp3) is 0.235. The van der Waals surface area contributed by atoms with Gasteiger partial charge in [0.25, 0.3) is 0 Å². The van der Waals surface area contributed by atoms with E-state index in [0.29, 0.717) is 11.1 Å². The minimum atomic E-state index is -3.89. The fourth-order valence-corrected chi connectivity index (χ4v) is 4.03. The molecule has 8 heteroatoms. The van der Waals surface area contributed by atoms with Crippen LogP contribution in [0.15, 0.2) is 35.2 Å². The highest BCUT2D eigenvalue weighted by Crippen LogP contribution is 2.21. The average Bonchev–Trinajstić information content (AvgIpc) is 2.48. The molecule has 5 nitrogen and oxygen atoms in total. The van der Waals surface area contributed by atoms with Crippen LogP contribution in [0.2, 0.25) is 0 Å². The topological polar surface area (TPSA) is 75.3 Å². The van der Waals surface area contributed by atoms with Gasteiger partial charge in [-0.25, -0.2) is 21.9 Å². The van der Waals surface area contributed by atoms with Crippen LogP contribution in [0, 0.1) is 32.4 Å². The maximum absolute atomic E-state index is 13.1. The molecule has 0 unspecified atom stereocenters. The van der Waals surface area contributed by atoms with Crippen LogP contribution < -0.4 is 10.0 Å². The molecular formula is C17H18F2N2O3S. The fourth-order valence-electron chi connectivity index (χ4n) is 2.60. The number of carbonyl (C=O) groups is 1. The van der Waals surface area contributed by atoms with E-state index in [1.165, 1.54) is 6.07 Å². The lowest BCUT2D eigenvalue weighted by Crippen LogP contribution is -2.33. The van der Waals surface area contributed by atoms with Crippen molar-refractivity contribution in [1.82, 2.24) is 4.72 Å². The third-order valence-electron chi connectivity index (χ3n) is 3.50. The number of rotatable bonds is 5. The highest BCUT2D eigenvalue weighted by Gasteiger charge is 2.20. The van der Waals surface area contributed by atoms with E-state index in [1.54, 1.807) is 26.0 Å². The maximum atomic E-state index is 13.1. The molecule has 0 saturated carbocycles. The standard InChI is InChI=1S/C17H18F2N2O3S/c1-10-6-11(2)17(12(3)7-10)25(23,24)20-9-16(22)21-13-4-5-14(18)15(19)8-13/h4-8,20H,9H2,1-3H3,(H,21,22). The van der Waals surface area contributed by atoms with E-state index in [-0.39, 0.29) is 10.6 Å². The number of halogens is 2. The average molecular weight is 368 g/mol. The van der Waals surface area contributed by atoms with Gasteiger partial charge in [-0.1, -0.05) is 17.7 Å². The molecule has 0 spiro atoms. The van der Waals surface area contributed by atoms with E-state index in [2.05, 4.69) is 10.0 Å². The summed E-state index contributed by atoms with van der Waals surface area (Å²) in [6, 6.07) is 6.34. The predicted octanol–water partition coefficient (Wildman–Crippen LogP) is 2.81. The maximum Gasteiger partial charge on any atom is 0.241 e. The second-order valence-corrected chi connectivity index (χ2v) is 7.43. The van der Waals surface area contributed by atoms with Gasteiger partial charge in [-0.05, 0) is 44.0 Å². The minimum absolute atomic E-state index is 0.0331. The van der Waals surface area contributed by atoms with E-state index in [9.17, 15) is 22.0 Å². The van der Waals surface area contributed by atoms with Crippen molar-refractivity contribution in [3.05, 3.63) is 58.7 Å². The summed E-state index contributed by atoms with van der Waals surface area (Å²) in [6.45, 7) is 4.68. The van der Waals surface area contributed by atoms with Gasteiger partial charge in [-0.3, -0.25) is 4.79 Å². The molecule has 2 rings (SSSR count). The largest absolute Gasteiger partial charge is 0.325 e. The molecule has 0 aliphatic heterocycles. The lowest BCUT2D eigenvalue weighted by molar-refractivity contribution is -0.115. The Labute approximate surface area is 145 Å². The van der Waals surface area contributed by atoms with Crippen molar-refractivity contribution in [1.29, 1.82) is 0 Å².